The van der Waals surface area contributed by atoms with Crippen molar-refractivity contribution in [2.24, 2.45) is 0 Å². The zero-order chi connectivity index (χ0) is 13.4. The monoisotopic (exact) mass is 316 g/mol. The third-order valence-corrected chi connectivity index (χ3v) is 3.22. The molecule has 0 aliphatic heterocycles. The number of halogens is 1. The van der Waals surface area contributed by atoms with Gasteiger partial charge in [0.05, 0.1) is 13.2 Å². The number of nitrogen functional groups attached to an aromatic ring is 1. The molecule has 0 saturated carbocycles. The van der Waals surface area contributed by atoms with Gasteiger partial charge < -0.3 is 20.5 Å². The van der Waals surface area contributed by atoms with Crippen LogP contribution in [0.3, 0.4) is 0 Å². The van der Waals surface area contributed by atoms with Crippen LogP contribution < -0.4 is 11.1 Å². The average molecular weight is 317 g/mol. The van der Waals surface area contributed by atoms with Crippen LogP contribution in [0, 0.1) is 6.92 Å². The van der Waals surface area contributed by atoms with Crippen molar-refractivity contribution in [3.8, 4) is 0 Å². The lowest BCUT2D eigenvalue weighted by atomic mass is 10.2. The number of hydrogen-bond donors (Lipinski definition) is 2. The van der Waals surface area contributed by atoms with Crippen LogP contribution in [-0.2, 0) is 9.47 Å². The van der Waals surface area contributed by atoms with E-state index in [0.29, 0.717) is 13.2 Å². The number of aryl methyl sites for hydroxylation is 1. The molecule has 0 spiro atoms. The maximum atomic E-state index is 5.82. The second-order valence-electron chi connectivity index (χ2n) is 4.07. The Labute approximate surface area is 117 Å². The third-order valence-electron chi connectivity index (χ3n) is 2.57. The molecule has 0 amide bonds. The van der Waals surface area contributed by atoms with E-state index in [1.165, 1.54) is 0 Å². The SMILES string of the molecule is COCCOCCCNc1cc(C)c(N)cc1Br. The summed E-state index contributed by atoms with van der Waals surface area (Å²) in [4.78, 5) is 0. The molecule has 102 valence electrons. The third kappa shape index (κ3) is 5.25. The molecule has 4 nitrogen and oxygen atoms in total. The van der Waals surface area contributed by atoms with Gasteiger partial charge >= 0.3 is 0 Å². The summed E-state index contributed by atoms with van der Waals surface area (Å²) < 4.78 is 11.3. The Kier molecular flexibility index (Phi) is 7.08. The predicted molar refractivity (Wildman–Crippen MR) is 79.1 cm³/mol. The van der Waals surface area contributed by atoms with Crippen molar-refractivity contribution in [1.82, 2.24) is 0 Å². The van der Waals surface area contributed by atoms with Crippen molar-refractivity contribution in [2.45, 2.75) is 13.3 Å². The van der Waals surface area contributed by atoms with Gasteiger partial charge in [-0.1, -0.05) is 0 Å². The molecule has 0 aromatic heterocycles. The van der Waals surface area contributed by atoms with Crippen LogP contribution in [0.5, 0.6) is 0 Å². The van der Waals surface area contributed by atoms with Gasteiger partial charge in [0, 0.05) is 36.1 Å². The minimum Gasteiger partial charge on any atom is -0.398 e. The summed E-state index contributed by atoms with van der Waals surface area (Å²) in [5, 5.41) is 3.36. The Morgan fingerprint density at radius 3 is 2.78 bits per heavy atom. The highest BCUT2D eigenvalue weighted by Crippen LogP contribution is 2.27. The van der Waals surface area contributed by atoms with Gasteiger partial charge in [0.1, 0.15) is 0 Å². The Morgan fingerprint density at radius 1 is 1.28 bits per heavy atom. The first-order chi connectivity index (χ1) is 8.65. The van der Waals surface area contributed by atoms with Gasteiger partial charge in [0.2, 0.25) is 0 Å². The Hall–Kier alpha value is -0.780. The van der Waals surface area contributed by atoms with E-state index in [2.05, 4.69) is 21.2 Å². The van der Waals surface area contributed by atoms with Gasteiger partial charge in [-0.3, -0.25) is 0 Å². The fourth-order valence-electron chi connectivity index (χ4n) is 1.47. The normalized spacial score (nSPS) is 10.6. The minimum atomic E-state index is 0.649. The van der Waals surface area contributed by atoms with Crippen molar-refractivity contribution in [3.05, 3.63) is 22.2 Å². The average Bonchev–Trinajstić information content (AvgIpc) is 2.34. The van der Waals surface area contributed by atoms with Crippen LogP contribution >= 0.6 is 15.9 Å². The standard InChI is InChI=1S/C13H21BrN2O2/c1-10-8-13(11(14)9-12(10)15)16-4-3-5-18-7-6-17-2/h8-9,16H,3-7,15H2,1-2H3. The lowest BCUT2D eigenvalue weighted by molar-refractivity contribution is 0.0705. The van der Waals surface area contributed by atoms with E-state index < -0.39 is 0 Å². The fourth-order valence-corrected chi connectivity index (χ4v) is 1.98. The van der Waals surface area contributed by atoms with Crippen molar-refractivity contribution in [2.75, 3.05) is 44.5 Å². The molecule has 0 aliphatic carbocycles. The molecule has 0 unspecified atom stereocenters. The Bertz CT molecular complexity index is 372. The predicted octanol–water partition coefficient (Wildman–Crippen LogP) is 2.80. The quantitative estimate of drug-likeness (QED) is 0.572. The number of anilines is 2. The first-order valence-electron chi connectivity index (χ1n) is 6.01. The molecular weight excluding hydrogens is 296 g/mol. The van der Waals surface area contributed by atoms with Crippen LogP contribution in [0.4, 0.5) is 11.4 Å². The largest absolute Gasteiger partial charge is 0.398 e. The van der Waals surface area contributed by atoms with E-state index in [1.807, 2.05) is 19.1 Å². The Balaban J connectivity index is 2.25. The summed E-state index contributed by atoms with van der Waals surface area (Å²) >= 11 is 3.49. The lowest BCUT2D eigenvalue weighted by Gasteiger charge is -2.11. The summed E-state index contributed by atoms with van der Waals surface area (Å²) in [5.41, 5.74) is 8.77. The van der Waals surface area contributed by atoms with E-state index in [9.17, 15) is 0 Å². The maximum Gasteiger partial charge on any atom is 0.0700 e. The number of nitrogens with one attached hydrogen (secondary N) is 1. The van der Waals surface area contributed by atoms with Gasteiger partial charge in [-0.15, -0.1) is 0 Å². The first-order valence-corrected chi connectivity index (χ1v) is 6.80. The zero-order valence-corrected chi connectivity index (χ0v) is 12.5. The molecule has 1 aromatic carbocycles. The summed E-state index contributed by atoms with van der Waals surface area (Å²) in [6.45, 7) is 4.91. The zero-order valence-electron chi connectivity index (χ0n) is 11.0. The fraction of sp³-hybridized carbons (Fsp3) is 0.538. The lowest BCUT2D eigenvalue weighted by Crippen LogP contribution is -2.09. The topological polar surface area (TPSA) is 56.5 Å². The van der Waals surface area contributed by atoms with Crippen molar-refractivity contribution in [3.63, 3.8) is 0 Å². The van der Waals surface area contributed by atoms with E-state index in [0.717, 1.165) is 41.0 Å². The molecule has 0 atom stereocenters. The summed E-state index contributed by atoms with van der Waals surface area (Å²) in [5.74, 6) is 0. The molecule has 1 aromatic rings. The van der Waals surface area contributed by atoms with Gasteiger partial charge in [-0.2, -0.15) is 0 Å². The Morgan fingerprint density at radius 2 is 2.06 bits per heavy atom. The molecule has 18 heavy (non-hydrogen) atoms. The number of rotatable bonds is 8. The summed E-state index contributed by atoms with van der Waals surface area (Å²) in [7, 11) is 1.67. The molecule has 0 fully saturated rings. The molecule has 0 aliphatic rings. The molecular formula is C13H21BrN2O2. The van der Waals surface area contributed by atoms with Crippen LogP contribution in [0.15, 0.2) is 16.6 Å². The van der Waals surface area contributed by atoms with Gasteiger partial charge in [0.15, 0.2) is 0 Å². The first kappa shape index (κ1) is 15.3. The van der Waals surface area contributed by atoms with Gasteiger partial charge in [-0.25, -0.2) is 0 Å². The molecule has 0 radical (unpaired) electrons. The highest BCUT2D eigenvalue weighted by atomic mass is 79.9. The van der Waals surface area contributed by atoms with Crippen LogP contribution in [0.1, 0.15) is 12.0 Å². The van der Waals surface area contributed by atoms with Crippen LogP contribution in [0.2, 0.25) is 0 Å². The summed E-state index contributed by atoms with van der Waals surface area (Å²) in [6, 6.07) is 3.97. The molecule has 5 heteroatoms. The molecule has 0 heterocycles. The smallest absolute Gasteiger partial charge is 0.0700 e. The molecule has 1 rings (SSSR count). The summed E-state index contributed by atoms with van der Waals surface area (Å²) in [6.07, 6.45) is 0.958. The maximum absolute atomic E-state index is 5.82. The second-order valence-corrected chi connectivity index (χ2v) is 4.93. The van der Waals surface area contributed by atoms with Crippen LogP contribution in [0.25, 0.3) is 0 Å². The molecule has 0 saturated heterocycles. The number of methoxy groups -OCH3 is 1. The highest BCUT2D eigenvalue weighted by molar-refractivity contribution is 9.10. The highest BCUT2D eigenvalue weighted by Gasteiger charge is 2.02. The van der Waals surface area contributed by atoms with E-state index >= 15 is 0 Å². The van der Waals surface area contributed by atoms with Crippen molar-refractivity contribution in [1.29, 1.82) is 0 Å². The van der Waals surface area contributed by atoms with E-state index in [4.69, 9.17) is 15.2 Å². The van der Waals surface area contributed by atoms with Crippen molar-refractivity contribution >= 4 is 27.3 Å². The second kappa shape index (κ2) is 8.34. The van der Waals surface area contributed by atoms with Gasteiger partial charge in [-0.05, 0) is 47.0 Å². The number of ether oxygens (including phenoxy) is 2. The molecule has 3 N–H and O–H groups in total. The van der Waals surface area contributed by atoms with Gasteiger partial charge in [0.25, 0.3) is 0 Å². The van der Waals surface area contributed by atoms with Crippen molar-refractivity contribution < 1.29 is 9.47 Å². The van der Waals surface area contributed by atoms with E-state index in [-0.39, 0.29) is 0 Å². The van der Waals surface area contributed by atoms with Crippen LogP contribution in [-0.4, -0.2) is 33.5 Å². The number of nitrogens with two attached hydrogens (primary N) is 1. The molecule has 0 bridgehead atoms. The number of hydrogen-bond acceptors (Lipinski definition) is 4. The van der Waals surface area contributed by atoms with E-state index in [1.54, 1.807) is 7.11 Å². The minimum absolute atomic E-state index is 0.649. The number of benzene rings is 1.